The average molecular weight is 436 g/mol. The second-order valence-corrected chi connectivity index (χ2v) is 9.32. The van der Waals surface area contributed by atoms with Gasteiger partial charge in [0.15, 0.2) is 0 Å². The van der Waals surface area contributed by atoms with Gasteiger partial charge in [-0.05, 0) is 31.0 Å². The number of sulfonamides is 1. The highest BCUT2D eigenvalue weighted by Crippen LogP contribution is 2.32. The summed E-state index contributed by atoms with van der Waals surface area (Å²) in [6.07, 6.45) is 2.57. The molecule has 1 fully saturated rings. The van der Waals surface area contributed by atoms with Gasteiger partial charge >= 0.3 is 0 Å². The van der Waals surface area contributed by atoms with Crippen molar-refractivity contribution < 1.29 is 18.0 Å². The first-order chi connectivity index (χ1) is 14.3. The number of hydrogen-bond donors (Lipinski definition) is 1. The van der Waals surface area contributed by atoms with Crippen LogP contribution < -0.4 is 10.2 Å². The molecular weight excluding hydrogens is 406 g/mol. The van der Waals surface area contributed by atoms with E-state index in [0.29, 0.717) is 18.8 Å². The Labute approximate surface area is 177 Å². The van der Waals surface area contributed by atoms with Crippen LogP contribution >= 0.6 is 0 Å². The molecule has 2 amide bonds. The van der Waals surface area contributed by atoms with E-state index in [9.17, 15) is 18.0 Å². The summed E-state index contributed by atoms with van der Waals surface area (Å²) in [6.45, 7) is 6.02. The van der Waals surface area contributed by atoms with E-state index in [0.717, 1.165) is 31.6 Å². The molecule has 30 heavy (non-hydrogen) atoms. The van der Waals surface area contributed by atoms with Crippen LogP contribution in [-0.4, -0.2) is 68.5 Å². The average Bonchev–Trinajstić information content (AvgIpc) is 3.25. The van der Waals surface area contributed by atoms with E-state index in [4.69, 9.17) is 0 Å². The van der Waals surface area contributed by atoms with Gasteiger partial charge in [0.2, 0.25) is 15.9 Å². The summed E-state index contributed by atoms with van der Waals surface area (Å²) >= 11 is 0. The van der Waals surface area contributed by atoms with Gasteiger partial charge in [-0.15, -0.1) is 0 Å². The summed E-state index contributed by atoms with van der Waals surface area (Å²) < 4.78 is 27.3. The highest BCUT2D eigenvalue weighted by Gasteiger charge is 2.27. The zero-order valence-electron chi connectivity index (χ0n) is 17.7. The smallest absolute Gasteiger partial charge is 0.271 e. The lowest BCUT2D eigenvalue weighted by atomic mass is 10.1. The standard InChI is InChI=1S/C20H29N5O4S/c1-4-25(5-2)30(28,29)15-8-10-18(24-12-6-7-13-24)17(14-15)21-20(27)16-9-11-19(26)23(3)22-16/h8,10,14H,4-7,9,11-13H2,1-3H3,(H,21,27). The van der Waals surface area contributed by atoms with Crippen LogP contribution in [0.3, 0.4) is 0 Å². The fourth-order valence-electron chi connectivity index (χ4n) is 3.75. The molecule has 0 unspecified atom stereocenters. The van der Waals surface area contributed by atoms with Gasteiger partial charge in [-0.25, -0.2) is 13.4 Å². The van der Waals surface area contributed by atoms with Gasteiger partial charge < -0.3 is 10.2 Å². The highest BCUT2D eigenvalue weighted by molar-refractivity contribution is 7.89. The van der Waals surface area contributed by atoms with Crippen LogP contribution in [0.25, 0.3) is 0 Å². The summed E-state index contributed by atoms with van der Waals surface area (Å²) in [4.78, 5) is 26.8. The lowest BCUT2D eigenvalue weighted by molar-refractivity contribution is -0.130. The fourth-order valence-corrected chi connectivity index (χ4v) is 5.23. The first-order valence-corrected chi connectivity index (χ1v) is 11.8. The Morgan fingerprint density at radius 1 is 1.17 bits per heavy atom. The maximum Gasteiger partial charge on any atom is 0.271 e. The minimum atomic E-state index is -3.66. The fraction of sp³-hybridized carbons (Fsp3) is 0.550. The Kier molecular flexibility index (Phi) is 6.77. The van der Waals surface area contributed by atoms with E-state index in [-0.39, 0.29) is 29.4 Å². The Morgan fingerprint density at radius 3 is 2.43 bits per heavy atom. The SMILES string of the molecule is CCN(CC)S(=O)(=O)c1ccc(N2CCCC2)c(NC(=O)C2=NN(C)C(=O)CC2)c1. The van der Waals surface area contributed by atoms with Gasteiger partial charge in [0.25, 0.3) is 5.91 Å². The molecule has 2 heterocycles. The maximum absolute atomic E-state index is 13.0. The molecule has 10 heteroatoms. The topological polar surface area (TPSA) is 102 Å². The van der Waals surface area contributed by atoms with Crippen molar-refractivity contribution in [1.82, 2.24) is 9.31 Å². The third-order valence-electron chi connectivity index (χ3n) is 5.48. The van der Waals surface area contributed by atoms with Crippen molar-refractivity contribution in [2.24, 2.45) is 5.10 Å². The van der Waals surface area contributed by atoms with Gasteiger partial charge in [-0.2, -0.15) is 9.41 Å². The summed E-state index contributed by atoms with van der Waals surface area (Å²) in [5.74, 6) is -0.566. The number of nitrogens with one attached hydrogen (secondary N) is 1. The Balaban J connectivity index is 1.96. The minimum absolute atomic E-state index is 0.141. The zero-order chi connectivity index (χ0) is 21.9. The molecule has 0 spiro atoms. The number of hydrogen-bond acceptors (Lipinski definition) is 6. The lowest BCUT2D eigenvalue weighted by Crippen LogP contribution is -2.34. The van der Waals surface area contributed by atoms with Gasteiger partial charge in [-0.3, -0.25) is 9.59 Å². The quantitative estimate of drug-likeness (QED) is 0.704. The Morgan fingerprint density at radius 2 is 1.83 bits per heavy atom. The van der Waals surface area contributed by atoms with Crippen molar-refractivity contribution in [2.45, 2.75) is 44.4 Å². The van der Waals surface area contributed by atoms with Crippen LogP contribution in [0.1, 0.15) is 39.5 Å². The molecule has 2 aliphatic heterocycles. The van der Waals surface area contributed by atoms with E-state index >= 15 is 0 Å². The van der Waals surface area contributed by atoms with Crippen molar-refractivity contribution in [2.75, 3.05) is 43.4 Å². The second-order valence-electron chi connectivity index (χ2n) is 7.38. The largest absolute Gasteiger partial charge is 0.370 e. The molecule has 0 aliphatic carbocycles. The number of carbonyl (C=O) groups is 2. The molecule has 0 radical (unpaired) electrons. The van der Waals surface area contributed by atoms with Crippen molar-refractivity contribution in [3.8, 4) is 0 Å². The van der Waals surface area contributed by atoms with Gasteiger partial charge in [0.1, 0.15) is 5.71 Å². The first kappa shape index (κ1) is 22.2. The molecule has 9 nitrogen and oxygen atoms in total. The number of hydrazone groups is 1. The van der Waals surface area contributed by atoms with Crippen molar-refractivity contribution in [3.05, 3.63) is 18.2 Å². The molecule has 0 saturated carbocycles. The molecule has 0 aromatic heterocycles. The molecular formula is C20H29N5O4S. The number of benzene rings is 1. The predicted molar refractivity (Wildman–Crippen MR) is 116 cm³/mol. The summed E-state index contributed by atoms with van der Waals surface area (Å²) in [5.41, 5.74) is 1.49. The summed E-state index contributed by atoms with van der Waals surface area (Å²) in [5, 5.41) is 8.08. The number of anilines is 2. The van der Waals surface area contributed by atoms with Crippen molar-refractivity contribution >= 4 is 38.9 Å². The van der Waals surface area contributed by atoms with Crippen molar-refractivity contribution in [1.29, 1.82) is 0 Å². The Hall–Kier alpha value is -2.46. The number of amides is 2. The molecule has 3 rings (SSSR count). The first-order valence-electron chi connectivity index (χ1n) is 10.3. The van der Waals surface area contributed by atoms with Gasteiger partial charge in [0, 0.05) is 46.1 Å². The molecule has 1 aromatic rings. The molecule has 0 atom stereocenters. The highest BCUT2D eigenvalue weighted by atomic mass is 32.2. The summed E-state index contributed by atoms with van der Waals surface area (Å²) in [7, 11) is -2.14. The van der Waals surface area contributed by atoms with Gasteiger partial charge in [0.05, 0.1) is 16.3 Å². The van der Waals surface area contributed by atoms with E-state index in [2.05, 4.69) is 15.3 Å². The van der Waals surface area contributed by atoms with Gasteiger partial charge in [-0.1, -0.05) is 13.8 Å². The van der Waals surface area contributed by atoms with E-state index < -0.39 is 15.9 Å². The van der Waals surface area contributed by atoms with Crippen LogP contribution in [0.4, 0.5) is 11.4 Å². The third kappa shape index (κ3) is 4.49. The number of carbonyl (C=O) groups excluding carboxylic acids is 2. The van der Waals surface area contributed by atoms with Crippen LogP contribution in [0.15, 0.2) is 28.2 Å². The van der Waals surface area contributed by atoms with Crippen molar-refractivity contribution in [3.63, 3.8) is 0 Å². The summed E-state index contributed by atoms with van der Waals surface area (Å²) in [6, 6.07) is 4.88. The van der Waals surface area contributed by atoms with Crippen LogP contribution in [-0.2, 0) is 19.6 Å². The van der Waals surface area contributed by atoms with Crippen LogP contribution in [0.2, 0.25) is 0 Å². The minimum Gasteiger partial charge on any atom is -0.370 e. The lowest BCUT2D eigenvalue weighted by Gasteiger charge is -2.25. The molecule has 1 saturated heterocycles. The molecule has 1 aromatic carbocycles. The molecule has 1 N–H and O–H groups in total. The zero-order valence-corrected chi connectivity index (χ0v) is 18.5. The second kappa shape index (κ2) is 9.13. The van der Waals surface area contributed by atoms with Crippen LogP contribution in [0.5, 0.6) is 0 Å². The molecule has 164 valence electrons. The van der Waals surface area contributed by atoms with E-state index in [1.54, 1.807) is 26.0 Å². The predicted octanol–water partition coefficient (Wildman–Crippen LogP) is 1.86. The maximum atomic E-state index is 13.0. The Bertz CT molecular complexity index is 950. The monoisotopic (exact) mass is 435 g/mol. The molecule has 2 aliphatic rings. The third-order valence-corrected chi connectivity index (χ3v) is 7.52. The van der Waals surface area contributed by atoms with Crippen LogP contribution in [0, 0.1) is 0 Å². The normalized spacial score (nSPS) is 17.5. The van der Waals surface area contributed by atoms with E-state index in [1.165, 1.54) is 22.4 Å². The van der Waals surface area contributed by atoms with E-state index in [1.807, 2.05) is 0 Å². The number of rotatable bonds is 7. The molecule has 0 bridgehead atoms. The number of nitrogens with zero attached hydrogens (tertiary/aromatic N) is 4.